The van der Waals surface area contributed by atoms with Gasteiger partial charge in [-0.25, -0.2) is 0 Å². The maximum atomic E-state index is 6.42. The zero-order valence-electron chi connectivity index (χ0n) is 34.6. The van der Waals surface area contributed by atoms with Crippen LogP contribution in [0.4, 0.5) is 17.1 Å². The topological polar surface area (TPSA) is 12.5 Å². The van der Waals surface area contributed by atoms with Gasteiger partial charge in [0.25, 0.3) is 0 Å². The molecule has 0 saturated heterocycles. The van der Waals surface area contributed by atoms with Crippen molar-refractivity contribution in [3.8, 4) is 44.9 Å². The predicted octanol–water partition coefficient (Wildman–Crippen LogP) is 16.2. The summed E-state index contributed by atoms with van der Waals surface area (Å²) < 4.78 is 6.42. The van der Waals surface area contributed by atoms with Gasteiger partial charge in [-0.3, -0.25) is 0 Å². The van der Waals surface area contributed by atoms with E-state index in [1.54, 1.807) is 0 Å². The molecule has 0 aliphatic heterocycles. The van der Waals surface area contributed by atoms with Gasteiger partial charge in [0.05, 0.1) is 5.41 Å². The molecule has 0 fully saturated rings. The van der Waals surface area contributed by atoms with Gasteiger partial charge in [0.1, 0.15) is 11.5 Å². The Labute approximate surface area is 360 Å². The molecule has 61 heavy (non-hydrogen) atoms. The molecule has 0 aromatic heterocycles. The smallest absolute Gasteiger partial charge is 0.127 e. The lowest BCUT2D eigenvalue weighted by Crippen LogP contribution is -2.28. The number of para-hydroxylation sites is 1. The molecule has 9 aromatic carbocycles. The van der Waals surface area contributed by atoms with Crippen LogP contribution in [-0.2, 0) is 5.41 Å². The maximum Gasteiger partial charge on any atom is 0.127 e. The Morgan fingerprint density at radius 1 is 0.410 bits per heavy atom. The Hall–Kier alpha value is -7.42. The third-order valence-corrected chi connectivity index (χ3v) is 12.5. The van der Waals surface area contributed by atoms with Crippen LogP contribution >= 0.6 is 0 Å². The van der Waals surface area contributed by atoms with Gasteiger partial charge in [0.2, 0.25) is 0 Å². The van der Waals surface area contributed by atoms with Crippen molar-refractivity contribution in [3.63, 3.8) is 0 Å². The number of hydrogen-bond acceptors (Lipinski definition) is 2. The fourth-order valence-electron chi connectivity index (χ4n) is 9.21. The SMILES string of the molecule is CCC(C)c1ccc(Oc2ccc(C3(c4ccccc4)c4ccccc4-c4ccc(-c5ccc(N(c6ccccc6)c6ccc(-c7ccccc7)cc6)cc5)cc43)cc2)cc1. The molecule has 0 amide bonds. The van der Waals surface area contributed by atoms with Gasteiger partial charge >= 0.3 is 0 Å². The Kier molecular flexibility index (Phi) is 10.1. The zero-order valence-corrected chi connectivity index (χ0v) is 34.6. The van der Waals surface area contributed by atoms with E-state index >= 15 is 0 Å². The molecule has 0 heterocycles. The van der Waals surface area contributed by atoms with Crippen LogP contribution in [0.5, 0.6) is 11.5 Å². The maximum absolute atomic E-state index is 6.42. The number of ether oxygens (including phenoxy) is 1. The van der Waals surface area contributed by atoms with Crippen molar-refractivity contribution in [3.05, 3.63) is 258 Å². The van der Waals surface area contributed by atoms with Gasteiger partial charge in [-0.1, -0.05) is 178 Å². The van der Waals surface area contributed by atoms with Crippen LogP contribution in [0.1, 0.15) is 54.0 Å². The summed E-state index contributed by atoms with van der Waals surface area (Å²) in [6, 6.07) is 83.3. The monoisotopic (exact) mass is 785 g/mol. The van der Waals surface area contributed by atoms with Crippen LogP contribution in [0.2, 0.25) is 0 Å². The van der Waals surface area contributed by atoms with Crippen molar-refractivity contribution in [2.45, 2.75) is 31.6 Å². The van der Waals surface area contributed by atoms with Crippen LogP contribution in [-0.4, -0.2) is 0 Å². The summed E-state index contributed by atoms with van der Waals surface area (Å²) in [5.41, 5.74) is 16.4. The summed E-state index contributed by atoms with van der Waals surface area (Å²) in [6.45, 7) is 4.49. The van der Waals surface area contributed by atoms with Gasteiger partial charge in [-0.15, -0.1) is 0 Å². The van der Waals surface area contributed by atoms with E-state index in [-0.39, 0.29) is 0 Å². The second-order valence-electron chi connectivity index (χ2n) is 16.1. The van der Waals surface area contributed by atoms with E-state index in [1.807, 2.05) is 0 Å². The Morgan fingerprint density at radius 3 is 1.49 bits per heavy atom. The fraction of sp³-hybridized carbons (Fsp3) is 0.0847. The molecule has 0 bridgehead atoms. The van der Waals surface area contributed by atoms with E-state index in [9.17, 15) is 0 Å². The summed E-state index contributed by atoms with van der Waals surface area (Å²) in [5, 5.41) is 0. The molecule has 1 aliphatic carbocycles. The van der Waals surface area contributed by atoms with Crippen molar-refractivity contribution >= 4 is 17.1 Å². The Balaban J connectivity index is 1.03. The molecule has 2 atom stereocenters. The van der Waals surface area contributed by atoms with E-state index in [4.69, 9.17) is 4.74 Å². The van der Waals surface area contributed by atoms with Crippen LogP contribution in [0.25, 0.3) is 33.4 Å². The van der Waals surface area contributed by atoms with Crippen molar-refractivity contribution in [1.82, 2.24) is 0 Å². The number of hydrogen-bond donors (Lipinski definition) is 0. The van der Waals surface area contributed by atoms with Crippen LogP contribution in [0, 0.1) is 0 Å². The lowest BCUT2D eigenvalue weighted by Gasteiger charge is -2.34. The lowest BCUT2D eigenvalue weighted by atomic mass is 9.67. The summed E-state index contributed by atoms with van der Waals surface area (Å²) in [7, 11) is 0. The van der Waals surface area contributed by atoms with Gasteiger partial charge in [-0.2, -0.15) is 0 Å². The molecular formula is C59H47NO. The average Bonchev–Trinajstić information content (AvgIpc) is 3.63. The molecule has 2 unspecified atom stereocenters. The highest BCUT2D eigenvalue weighted by molar-refractivity contribution is 5.89. The number of benzene rings is 9. The first-order chi connectivity index (χ1) is 30.1. The minimum Gasteiger partial charge on any atom is -0.457 e. The Morgan fingerprint density at radius 2 is 0.869 bits per heavy atom. The number of fused-ring (bicyclic) bond motifs is 3. The predicted molar refractivity (Wildman–Crippen MR) is 255 cm³/mol. The van der Waals surface area contributed by atoms with Crippen LogP contribution in [0.3, 0.4) is 0 Å². The van der Waals surface area contributed by atoms with E-state index in [0.29, 0.717) is 5.92 Å². The second kappa shape index (κ2) is 16.3. The lowest BCUT2D eigenvalue weighted by molar-refractivity contribution is 0.481. The number of nitrogens with zero attached hydrogens (tertiary/aromatic N) is 1. The molecule has 1 aliphatic rings. The minimum absolute atomic E-state index is 0.527. The second-order valence-corrected chi connectivity index (χ2v) is 16.1. The average molecular weight is 786 g/mol. The van der Waals surface area contributed by atoms with Crippen molar-refractivity contribution in [1.29, 1.82) is 0 Å². The van der Waals surface area contributed by atoms with Gasteiger partial charge in [-0.05, 0) is 140 Å². The van der Waals surface area contributed by atoms with Crippen molar-refractivity contribution in [2.75, 3.05) is 4.90 Å². The third-order valence-electron chi connectivity index (χ3n) is 12.5. The van der Waals surface area contributed by atoms with E-state index < -0.39 is 5.41 Å². The van der Waals surface area contributed by atoms with Gasteiger partial charge in [0.15, 0.2) is 0 Å². The Bertz CT molecular complexity index is 2890. The minimum atomic E-state index is -0.532. The van der Waals surface area contributed by atoms with Gasteiger partial charge < -0.3 is 9.64 Å². The quantitative estimate of drug-likeness (QED) is 0.129. The molecule has 294 valence electrons. The highest BCUT2D eigenvalue weighted by Gasteiger charge is 2.46. The molecule has 0 saturated carbocycles. The van der Waals surface area contributed by atoms with Gasteiger partial charge in [0, 0.05) is 17.1 Å². The summed E-state index contributed by atoms with van der Waals surface area (Å²) in [6.07, 6.45) is 1.11. The summed E-state index contributed by atoms with van der Waals surface area (Å²) >= 11 is 0. The highest BCUT2D eigenvalue weighted by Crippen LogP contribution is 2.57. The highest BCUT2D eigenvalue weighted by atomic mass is 16.5. The molecule has 9 aromatic rings. The number of anilines is 3. The molecule has 10 rings (SSSR count). The first-order valence-electron chi connectivity index (χ1n) is 21.4. The molecule has 0 spiro atoms. The zero-order chi connectivity index (χ0) is 41.2. The molecule has 2 nitrogen and oxygen atoms in total. The number of rotatable bonds is 11. The van der Waals surface area contributed by atoms with E-state index in [1.165, 1.54) is 61.2 Å². The van der Waals surface area contributed by atoms with Crippen LogP contribution in [0.15, 0.2) is 231 Å². The first-order valence-corrected chi connectivity index (χ1v) is 21.4. The van der Waals surface area contributed by atoms with Crippen molar-refractivity contribution < 1.29 is 4.74 Å². The molecule has 0 radical (unpaired) electrons. The standard InChI is InChI=1S/C59H47NO/c1-3-42(2)43-27-36-53(37-28-43)61-54-38-30-49(31-39-54)59(48-17-9-5-10-18-48)57-22-14-13-21-55(57)56-40-29-47(41-58(56)59)46-25-34-52(35-26-46)60(50-19-11-6-12-20-50)51-32-23-45(24-33-51)44-15-7-4-8-16-44/h4-42H,3H2,1-2H3. The third kappa shape index (κ3) is 7.00. The van der Waals surface area contributed by atoms with E-state index in [0.717, 1.165) is 35.0 Å². The first kappa shape index (κ1) is 37.8. The van der Waals surface area contributed by atoms with E-state index in [2.05, 4.69) is 249 Å². The normalized spacial score (nSPS) is 14.5. The van der Waals surface area contributed by atoms with Crippen molar-refractivity contribution in [2.24, 2.45) is 0 Å². The fourth-order valence-corrected chi connectivity index (χ4v) is 9.21. The summed E-state index contributed by atoms with van der Waals surface area (Å²) in [5.74, 6) is 2.19. The molecule has 2 heteroatoms. The molecular weight excluding hydrogens is 739 g/mol. The largest absolute Gasteiger partial charge is 0.457 e. The molecule has 0 N–H and O–H groups in total. The van der Waals surface area contributed by atoms with Crippen LogP contribution < -0.4 is 9.64 Å². The summed E-state index contributed by atoms with van der Waals surface area (Å²) in [4.78, 5) is 2.33.